The van der Waals surface area contributed by atoms with E-state index in [9.17, 15) is 14.9 Å². The Bertz CT molecular complexity index is 681. The number of benzene rings is 1. The molecule has 1 amide bonds. The first-order valence-electron chi connectivity index (χ1n) is 6.27. The van der Waals surface area contributed by atoms with E-state index in [1.807, 2.05) is 6.92 Å². The lowest BCUT2D eigenvalue weighted by Gasteiger charge is -2.06. The summed E-state index contributed by atoms with van der Waals surface area (Å²) in [6, 6.07) is 4.07. The first kappa shape index (κ1) is 14.5. The number of nitrogen functional groups attached to an aromatic ring is 1. The van der Waals surface area contributed by atoms with Crippen molar-refractivity contribution in [1.82, 2.24) is 10.3 Å². The Hall–Kier alpha value is -2.90. The van der Waals surface area contributed by atoms with Crippen molar-refractivity contribution >= 4 is 17.3 Å². The molecule has 110 valence electrons. The van der Waals surface area contributed by atoms with Crippen molar-refractivity contribution in [2.45, 2.75) is 19.9 Å². The Morgan fingerprint density at radius 3 is 2.90 bits per heavy atom. The largest absolute Gasteiger partial charge is 0.444 e. The second kappa shape index (κ2) is 6.04. The van der Waals surface area contributed by atoms with Gasteiger partial charge in [0, 0.05) is 12.5 Å². The first-order valence-corrected chi connectivity index (χ1v) is 6.27. The van der Waals surface area contributed by atoms with Gasteiger partial charge in [-0.2, -0.15) is 0 Å². The van der Waals surface area contributed by atoms with Crippen molar-refractivity contribution in [1.29, 1.82) is 0 Å². The number of anilines is 1. The lowest BCUT2D eigenvalue weighted by atomic mass is 10.1. The third kappa shape index (κ3) is 3.16. The number of nitrogens with two attached hydrogens (primary N) is 1. The molecule has 0 atom stereocenters. The van der Waals surface area contributed by atoms with E-state index < -0.39 is 10.8 Å². The molecule has 0 saturated heterocycles. The maximum Gasteiger partial charge on any atom is 0.292 e. The van der Waals surface area contributed by atoms with Gasteiger partial charge in [-0.1, -0.05) is 13.0 Å². The third-order valence-electron chi connectivity index (χ3n) is 2.87. The maximum absolute atomic E-state index is 12.0. The number of carbonyl (C=O) groups excluding carboxylic acids is 1. The highest BCUT2D eigenvalue weighted by Crippen LogP contribution is 2.24. The number of rotatable bonds is 5. The van der Waals surface area contributed by atoms with Gasteiger partial charge in [-0.3, -0.25) is 14.9 Å². The normalized spacial score (nSPS) is 10.3. The number of para-hydroxylation sites is 1. The van der Waals surface area contributed by atoms with Gasteiger partial charge in [0.2, 0.25) is 5.89 Å². The molecule has 0 aliphatic rings. The van der Waals surface area contributed by atoms with Crippen molar-refractivity contribution in [3.8, 4) is 0 Å². The SMILES string of the molecule is CCc1cnc(CNC(=O)c2cccc([N+](=O)[O-])c2N)o1. The van der Waals surface area contributed by atoms with Gasteiger partial charge >= 0.3 is 0 Å². The van der Waals surface area contributed by atoms with Crippen LogP contribution in [0, 0.1) is 10.1 Å². The molecule has 0 bridgehead atoms. The number of nitrogens with zero attached hydrogens (tertiary/aromatic N) is 2. The summed E-state index contributed by atoms with van der Waals surface area (Å²) in [4.78, 5) is 26.2. The van der Waals surface area contributed by atoms with Gasteiger partial charge in [-0.15, -0.1) is 0 Å². The van der Waals surface area contributed by atoms with Crippen molar-refractivity contribution in [3.63, 3.8) is 0 Å². The van der Waals surface area contributed by atoms with E-state index in [-0.39, 0.29) is 23.5 Å². The molecular formula is C13H14N4O4. The van der Waals surface area contributed by atoms with E-state index in [1.54, 1.807) is 6.20 Å². The average Bonchev–Trinajstić information content (AvgIpc) is 2.92. The molecule has 0 unspecified atom stereocenters. The number of hydrogen-bond donors (Lipinski definition) is 2. The minimum absolute atomic E-state index is 0.0477. The lowest BCUT2D eigenvalue weighted by molar-refractivity contribution is -0.383. The van der Waals surface area contributed by atoms with Crippen LogP contribution in [0.1, 0.15) is 28.9 Å². The average molecular weight is 290 g/mol. The number of amides is 1. The van der Waals surface area contributed by atoms with Crippen molar-refractivity contribution < 1.29 is 14.1 Å². The molecule has 0 aliphatic carbocycles. The Morgan fingerprint density at radius 1 is 1.52 bits per heavy atom. The van der Waals surface area contributed by atoms with Gasteiger partial charge in [0.1, 0.15) is 11.4 Å². The van der Waals surface area contributed by atoms with Crippen LogP contribution in [0.3, 0.4) is 0 Å². The Balaban J connectivity index is 2.10. The number of oxazole rings is 1. The van der Waals surface area contributed by atoms with Gasteiger partial charge in [-0.25, -0.2) is 4.98 Å². The van der Waals surface area contributed by atoms with Crippen LogP contribution < -0.4 is 11.1 Å². The van der Waals surface area contributed by atoms with Crippen molar-refractivity contribution in [2.75, 3.05) is 5.73 Å². The molecule has 0 radical (unpaired) electrons. The molecule has 2 rings (SSSR count). The van der Waals surface area contributed by atoms with Crippen LogP contribution in [0.4, 0.5) is 11.4 Å². The third-order valence-corrected chi connectivity index (χ3v) is 2.87. The number of carbonyl (C=O) groups is 1. The molecule has 0 fully saturated rings. The number of nitro groups is 1. The number of aryl methyl sites for hydroxylation is 1. The standard InChI is InChI=1S/C13H14N4O4/c1-2-8-6-15-11(21-8)7-16-13(18)9-4-3-5-10(12(9)14)17(19)20/h3-6H,2,7,14H2,1H3,(H,16,18). The Morgan fingerprint density at radius 2 is 2.29 bits per heavy atom. The van der Waals surface area contributed by atoms with E-state index in [2.05, 4.69) is 10.3 Å². The zero-order chi connectivity index (χ0) is 15.4. The first-order chi connectivity index (χ1) is 10.0. The summed E-state index contributed by atoms with van der Waals surface area (Å²) in [6.07, 6.45) is 2.29. The molecule has 21 heavy (non-hydrogen) atoms. The number of nitro benzene ring substituents is 1. The topological polar surface area (TPSA) is 124 Å². The van der Waals surface area contributed by atoms with Crippen LogP contribution in [-0.2, 0) is 13.0 Å². The summed E-state index contributed by atoms with van der Waals surface area (Å²) >= 11 is 0. The highest BCUT2D eigenvalue weighted by molar-refractivity contribution is 6.00. The minimum atomic E-state index is -0.631. The summed E-state index contributed by atoms with van der Waals surface area (Å²) in [5.74, 6) is 0.561. The Labute approximate surface area is 120 Å². The summed E-state index contributed by atoms with van der Waals surface area (Å²) in [7, 11) is 0. The summed E-state index contributed by atoms with van der Waals surface area (Å²) < 4.78 is 5.35. The van der Waals surface area contributed by atoms with Crippen LogP contribution in [0.2, 0.25) is 0 Å². The molecule has 1 aromatic carbocycles. The summed E-state index contributed by atoms with van der Waals surface area (Å²) in [5.41, 5.74) is 5.22. The Kier molecular flexibility index (Phi) is 4.17. The van der Waals surface area contributed by atoms with Crippen LogP contribution in [-0.4, -0.2) is 15.8 Å². The fourth-order valence-corrected chi connectivity index (χ4v) is 1.75. The molecule has 0 saturated carbocycles. The van der Waals surface area contributed by atoms with Crippen LogP contribution >= 0.6 is 0 Å². The van der Waals surface area contributed by atoms with Crippen molar-refractivity contribution in [3.05, 3.63) is 51.7 Å². The van der Waals surface area contributed by atoms with Crippen molar-refractivity contribution in [2.24, 2.45) is 0 Å². The number of hydrogen-bond acceptors (Lipinski definition) is 6. The molecule has 1 heterocycles. The number of nitrogens with one attached hydrogen (secondary N) is 1. The van der Waals surface area contributed by atoms with Gasteiger partial charge in [0.25, 0.3) is 11.6 Å². The minimum Gasteiger partial charge on any atom is -0.444 e. The number of aromatic nitrogens is 1. The molecule has 2 aromatic rings. The summed E-state index contributed by atoms with van der Waals surface area (Å²) in [6.45, 7) is 2.01. The zero-order valence-electron chi connectivity index (χ0n) is 11.3. The molecule has 3 N–H and O–H groups in total. The van der Waals surface area contributed by atoms with Crippen LogP contribution in [0.25, 0.3) is 0 Å². The second-order valence-electron chi connectivity index (χ2n) is 4.25. The van der Waals surface area contributed by atoms with Gasteiger partial charge in [0.15, 0.2) is 0 Å². The monoisotopic (exact) mass is 290 g/mol. The predicted molar refractivity (Wildman–Crippen MR) is 74.6 cm³/mol. The predicted octanol–water partition coefficient (Wildman–Crippen LogP) is 1.66. The van der Waals surface area contributed by atoms with Gasteiger partial charge in [0.05, 0.1) is 23.2 Å². The zero-order valence-corrected chi connectivity index (χ0v) is 11.3. The highest BCUT2D eigenvalue weighted by atomic mass is 16.6. The molecule has 0 spiro atoms. The fraction of sp³-hybridized carbons (Fsp3) is 0.231. The highest BCUT2D eigenvalue weighted by Gasteiger charge is 2.19. The maximum atomic E-state index is 12.0. The molecule has 0 aliphatic heterocycles. The van der Waals surface area contributed by atoms with E-state index in [0.29, 0.717) is 18.1 Å². The molecular weight excluding hydrogens is 276 g/mol. The van der Waals surface area contributed by atoms with Crippen LogP contribution in [0.15, 0.2) is 28.8 Å². The molecule has 1 aromatic heterocycles. The fourth-order valence-electron chi connectivity index (χ4n) is 1.75. The van der Waals surface area contributed by atoms with E-state index >= 15 is 0 Å². The molecule has 8 nitrogen and oxygen atoms in total. The quantitative estimate of drug-likeness (QED) is 0.490. The van der Waals surface area contributed by atoms with E-state index in [4.69, 9.17) is 10.2 Å². The van der Waals surface area contributed by atoms with Gasteiger partial charge in [-0.05, 0) is 6.07 Å². The smallest absolute Gasteiger partial charge is 0.292 e. The van der Waals surface area contributed by atoms with E-state index in [1.165, 1.54) is 18.2 Å². The van der Waals surface area contributed by atoms with Gasteiger partial charge < -0.3 is 15.5 Å². The van der Waals surface area contributed by atoms with Crippen LogP contribution in [0.5, 0.6) is 0 Å². The van der Waals surface area contributed by atoms with E-state index in [0.717, 1.165) is 0 Å². The summed E-state index contributed by atoms with van der Waals surface area (Å²) in [5, 5.41) is 13.3. The molecule has 8 heteroatoms. The second-order valence-corrected chi connectivity index (χ2v) is 4.25. The lowest BCUT2D eigenvalue weighted by Crippen LogP contribution is -2.24.